The molecular weight excluding hydrogens is 660 g/mol. The lowest BCUT2D eigenvalue weighted by Crippen LogP contribution is -2.24. The summed E-state index contributed by atoms with van der Waals surface area (Å²) in [5.74, 6) is -2.96. The van der Waals surface area contributed by atoms with Gasteiger partial charge in [-0.25, -0.2) is 13.8 Å². The van der Waals surface area contributed by atoms with Gasteiger partial charge >= 0.3 is 18.4 Å². The summed E-state index contributed by atoms with van der Waals surface area (Å²) < 4.78 is 121. The van der Waals surface area contributed by atoms with E-state index in [1.54, 1.807) is 0 Å². The van der Waals surface area contributed by atoms with Gasteiger partial charge in [0, 0.05) is 18.7 Å². The number of benzene rings is 1. The molecular formula is C30H38F8N6O4. The van der Waals surface area contributed by atoms with Crippen LogP contribution in [0.1, 0.15) is 57.1 Å². The lowest BCUT2D eigenvalue weighted by atomic mass is 9.88. The van der Waals surface area contributed by atoms with E-state index in [-0.39, 0.29) is 18.8 Å². The van der Waals surface area contributed by atoms with Crippen LogP contribution in [0.25, 0.3) is 22.2 Å². The highest BCUT2D eigenvalue weighted by Crippen LogP contribution is 2.44. The zero-order valence-corrected chi connectivity index (χ0v) is 26.7. The van der Waals surface area contributed by atoms with E-state index in [0.29, 0.717) is 19.2 Å². The molecule has 1 aliphatic rings. The van der Waals surface area contributed by atoms with Gasteiger partial charge in [0.25, 0.3) is 6.47 Å². The minimum absolute atomic E-state index is 0.160. The smallest absolute Gasteiger partial charge is 0.422 e. The first kappa shape index (κ1) is 40.0. The topological polar surface area (TPSA) is 145 Å². The molecule has 1 aliphatic carbocycles. The summed E-state index contributed by atoms with van der Waals surface area (Å²) in [6, 6.07) is 0.0489. The number of nitrogens with two attached hydrogens (primary N) is 1. The number of ether oxygens (including phenoxy) is 2. The number of hydrogen-bond donors (Lipinski definition) is 4. The van der Waals surface area contributed by atoms with E-state index in [4.69, 9.17) is 25.1 Å². The molecule has 10 nitrogen and oxygen atoms in total. The molecule has 0 atom stereocenters. The maximum atomic E-state index is 15.9. The van der Waals surface area contributed by atoms with Crippen molar-refractivity contribution >= 4 is 28.9 Å². The molecule has 0 aliphatic heterocycles. The minimum Gasteiger partial charge on any atom is -0.483 e. The van der Waals surface area contributed by atoms with Gasteiger partial charge in [-0.15, -0.1) is 0 Å². The zero-order chi connectivity index (χ0) is 36.2. The van der Waals surface area contributed by atoms with Gasteiger partial charge in [-0.05, 0) is 37.4 Å². The summed E-state index contributed by atoms with van der Waals surface area (Å²) in [6.07, 6.45) is -3.81. The second-order valence-corrected chi connectivity index (χ2v) is 10.8. The Morgan fingerprint density at radius 1 is 1.06 bits per heavy atom. The van der Waals surface area contributed by atoms with Crippen LogP contribution in [0.5, 0.6) is 11.9 Å². The van der Waals surface area contributed by atoms with Crippen LogP contribution < -0.4 is 25.8 Å². The molecule has 268 valence electrons. The average Bonchev–Trinajstić information content (AvgIpc) is 2.99. The number of methoxy groups -OCH3 is 1. The number of alkyl halides is 6. The van der Waals surface area contributed by atoms with Gasteiger partial charge in [-0.1, -0.05) is 39.5 Å². The van der Waals surface area contributed by atoms with Crippen LogP contribution in [0.4, 0.5) is 46.6 Å². The van der Waals surface area contributed by atoms with Gasteiger partial charge in [0.05, 0.1) is 18.4 Å². The molecule has 0 unspecified atom stereocenters. The van der Waals surface area contributed by atoms with Crippen LogP contribution in [0.3, 0.4) is 0 Å². The molecule has 0 amide bonds. The van der Waals surface area contributed by atoms with Crippen LogP contribution in [0.2, 0.25) is 0 Å². The van der Waals surface area contributed by atoms with Crippen molar-refractivity contribution in [2.45, 2.75) is 65.2 Å². The Labute approximate surface area is 271 Å². The molecule has 5 N–H and O–H groups in total. The number of aromatic nitrogens is 3. The maximum absolute atomic E-state index is 15.9. The Hall–Kier alpha value is -4.22. The summed E-state index contributed by atoms with van der Waals surface area (Å²) in [7, 11) is 1.13. The second-order valence-electron chi connectivity index (χ2n) is 10.8. The number of carboxylic acid groups (broad SMARTS) is 1. The molecule has 0 spiro atoms. The molecule has 1 aromatic carbocycles. The van der Waals surface area contributed by atoms with Crippen LogP contribution >= 0.6 is 0 Å². The second kappa shape index (κ2) is 17.8. The number of pyridine rings is 1. The summed E-state index contributed by atoms with van der Waals surface area (Å²) in [5.41, 5.74) is -0.703. The maximum Gasteiger partial charge on any atom is 0.422 e. The highest BCUT2D eigenvalue weighted by Gasteiger charge is 2.39. The number of anilines is 2. The molecule has 1 saturated carbocycles. The van der Waals surface area contributed by atoms with Crippen molar-refractivity contribution < 1.29 is 54.5 Å². The highest BCUT2D eigenvalue weighted by atomic mass is 19.4. The number of nitrogens with zero attached hydrogens (tertiary/aromatic N) is 3. The van der Waals surface area contributed by atoms with Crippen LogP contribution in [0, 0.1) is 24.5 Å². The quantitative estimate of drug-likeness (QED) is 0.0706. The number of carbonyl (C=O) groups is 1. The molecule has 3 aromatic rings. The number of nitrogen functional groups attached to an aromatic ring is 1. The molecule has 0 radical (unpaired) electrons. The fraction of sp³-hybridized carbons (Fsp3) is 0.533. The fourth-order valence-corrected chi connectivity index (χ4v) is 4.45. The van der Waals surface area contributed by atoms with Gasteiger partial charge < -0.3 is 30.9 Å². The predicted molar refractivity (Wildman–Crippen MR) is 163 cm³/mol. The lowest BCUT2D eigenvalue weighted by Gasteiger charge is -2.20. The van der Waals surface area contributed by atoms with Gasteiger partial charge in [-0.2, -0.15) is 36.3 Å². The van der Waals surface area contributed by atoms with Gasteiger partial charge in [0.1, 0.15) is 28.2 Å². The number of halogens is 8. The van der Waals surface area contributed by atoms with Crippen molar-refractivity contribution in [1.82, 2.24) is 20.3 Å². The molecule has 4 rings (SSSR count). The Bertz CT molecular complexity index is 1520. The zero-order valence-electron chi connectivity index (χ0n) is 26.7. The molecule has 1 fully saturated rings. The molecule has 2 aromatic heterocycles. The predicted octanol–water partition coefficient (Wildman–Crippen LogP) is 7.14. The third-order valence-electron chi connectivity index (χ3n) is 7.05. The van der Waals surface area contributed by atoms with E-state index in [2.05, 4.69) is 32.5 Å². The van der Waals surface area contributed by atoms with Gasteiger partial charge in [0.2, 0.25) is 5.88 Å². The normalized spacial score (nSPS) is 13.1. The van der Waals surface area contributed by atoms with Crippen molar-refractivity contribution in [1.29, 1.82) is 0 Å². The molecule has 0 saturated heterocycles. The number of fused-ring (bicyclic) bond motifs is 1. The van der Waals surface area contributed by atoms with Crippen molar-refractivity contribution in [2.75, 3.05) is 44.4 Å². The highest BCUT2D eigenvalue weighted by molar-refractivity contribution is 5.96. The van der Waals surface area contributed by atoms with Crippen LogP contribution in [-0.4, -0.2) is 66.1 Å². The molecule has 18 heteroatoms. The third-order valence-corrected chi connectivity index (χ3v) is 7.05. The van der Waals surface area contributed by atoms with Crippen molar-refractivity contribution in [3.63, 3.8) is 0 Å². The van der Waals surface area contributed by atoms with Crippen LogP contribution in [-0.2, 0) is 11.0 Å². The Morgan fingerprint density at radius 2 is 1.69 bits per heavy atom. The first-order valence-corrected chi connectivity index (χ1v) is 14.8. The van der Waals surface area contributed by atoms with Gasteiger partial charge in [0.15, 0.2) is 12.4 Å². The van der Waals surface area contributed by atoms with E-state index in [9.17, 15) is 30.7 Å². The van der Waals surface area contributed by atoms with E-state index >= 15 is 4.39 Å². The van der Waals surface area contributed by atoms with E-state index in [1.807, 2.05) is 6.92 Å². The van der Waals surface area contributed by atoms with E-state index in [1.165, 1.54) is 19.3 Å². The Kier molecular flexibility index (Phi) is 14.8. The van der Waals surface area contributed by atoms with Gasteiger partial charge in [-0.3, -0.25) is 4.79 Å². The summed E-state index contributed by atoms with van der Waals surface area (Å²) >= 11 is 0. The number of hydrogen-bond acceptors (Lipinski definition) is 9. The van der Waals surface area contributed by atoms with Crippen molar-refractivity contribution in [2.24, 2.45) is 5.92 Å². The molecule has 48 heavy (non-hydrogen) atoms. The number of rotatable bonds is 11. The third kappa shape index (κ3) is 10.9. The monoisotopic (exact) mass is 698 g/mol. The van der Waals surface area contributed by atoms with Crippen molar-refractivity contribution in [3.05, 3.63) is 28.8 Å². The van der Waals surface area contributed by atoms with Crippen molar-refractivity contribution in [3.8, 4) is 23.1 Å². The molecule has 2 heterocycles. The minimum atomic E-state index is -5.22. The first-order valence-electron chi connectivity index (χ1n) is 14.8. The fourth-order valence-electron chi connectivity index (χ4n) is 4.45. The standard InChI is InChI=1S/C24H26F8N6O2.C5H10.CH2O2/c1-4-5-6-34-7-8-35-20-14-19(37-22(38-20)39-3)17(26)18(36-21(14)40-10-23(27,28)29)12-9-13(33)16(25)11(2)15(12)24(30,31)32;1-5-3-2-4-5;2-1-3/h9,34H,4-8,10,33H2,1-3H3,(H,35,37,38);5H,2-4H2,1H3;1H,(H,2,3). The lowest BCUT2D eigenvalue weighted by molar-refractivity contribution is -0.153. The summed E-state index contributed by atoms with van der Waals surface area (Å²) in [4.78, 5) is 19.9. The summed E-state index contributed by atoms with van der Waals surface area (Å²) in [5, 5.41) is 12.3. The van der Waals surface area contributed by atoms with E-state index < -0.39 is 81.5 Å². The number of unbranched alkanes of at least 4 members (excludes halogenated alkanes) is 1. The summed E-state index contributed by atoms with van der Waals surface area (Å²) in [6.45, 7) is 4.14. The molecule has 0 bridgehead atoms. The van der Waals surface area contributed by atoms with E-state index in [0.717, 1.165) is 32.8 Å². The Balaban J connectivity index is 0.000000884. The first-order chi connectivity index (χ1) is 22.5. The number of nitrogens with one attached hydrogen (secondary N) is 2. The largest absolute Gasteiger partial charge is 0.483 e. The average molecular weight is 699 g/mol. The Morgan fingerprint density at radius 3 is 2.19 bits per heavy atom. The SMILES string of the molecule is CC1CCC1.CCCCNCCNc1nc(OC)nc2c(F)c(-c3cc(N)c(F)c(C)c3C(F)(F)F)nc(OCC(F)(F)F)c12.O=CO. The van der Waals surface area contributed by atoms with Crippen LogP contribution in [0.15, 0.2) is 6.07 Å².